The Bertz CT molecular complexity index is 1170. The predicted octanol–water partition coefficient (Wildman–Crippen LogP) is 2.95. The number of sulfonamides is 1. The van der Waals surface area contributed by atoms with Gasteiger partial charge < -0.3 is 5.32 Å². The summed E-state index contributed by atoms with van der Waals surface area (Å²) in [6.45, 7) is 6.94. The standard InChI is InChI=1S/C19H22ClN5O3S/c1-12(17-23-22-16-7-5-6-10-25(16)17)21-18(26)13-8-9-14(20)15(11-13)29(27,28)24-19(2,3)4/h5-12,24H,1-4H3,(H,21,26). The third kappa shape index (κ3) is 4.75. The molecular formula is C19H22ClN5O3S. The first-order chi connectivity index (χ1) is 13.5. The lowest BCUT2D eigenvalue weighted by molar-refractivity contribution is 0.0938. The highest BCUT2D eigenvalue weighted by molar-refractivity contribution is 7.89. The minimum Gasteiger partial charge on any atom is -0.342 e. The van der Waals surface area contributed by atoms with Crippen LogP contribution in [-0.2, 0) is 10.0 Å². The van der Waals surface area contributed by atoms with Crippen molar-refractivity contribution in [3.05, 3.63) is 59.0 Å². The van der Waals surface area contributed by atoms with Crippen molar-refractivity contribution >= 4 is 33.2 Å². The van der Waals surface area contributed by atoms with Gasteiger partial charge in [0.2, 0.25) is 10.0 Å². The van der Waals surface area contributed by atoms with Gasteiger partial charge in [0.1, 0.15) is 4.90 Å². The molecule has 1 aromatic carbocycles. The van der Waals surface area contributed by atoms with E-state index in [1.807, 2.05) is 18.2 Å². The van der Waals surface area contributed by atoms with Crippen LogP contribution in [0.4, 0.5) is 0 Å². The molecule has 0 spiro atoms. The summed E-state index contributed by atoms with van der Waals surface area (Å²) in [6, 6.07) is 9.17. The predicted molar refractivity (Wildman–Crippen MR) is 110 cm³/mol. The van der Waals surface area contributed by atoms with E-state index in [1.165, 1.54) is 18.2 Å². The third-order valence-electron chi connectivity index (χ3n) is 4.00. The van der Waals surface area contributed by atoms with Crippen LogP contribution in [-0.4, -0.2) is 34.5 Å². The van der Waals surface area contributed by atoms with Crippen LogP contribution in [0, 0.1) is 0 Å². The van der Waals surface area contributed by atoms with Crippen molar-refractivity contribution in [3.8, 4) is 0 Å². The Morgan fingerprint density at radius 3 is 2.59 bits per heavy atom. The average molecular weight is 436 g/mol. The molecule has 3 rings (SSSR count). The largest absolute Gasteiger partial charge is 0.342 e. The number of benzene rings is 1. The van der Waals surface area contributed by atoms with Gasteiger partial charge in [-0.15, -0.1) is 10.2 Å². The van der Waals surface area contributed by atoms with Crippen molar-refractivity contribution in [2.75, 3.05) is 0 Å². The van der Waals surface area contributed by atoms with E-state index in [2.05, 4.69) is 20.2 Å². The quantitative estimate of drug-likeness (QED) is 0.640. The van der Waals surface area contributed by atoms with Gasteiger partial charge in [0.05, 0.1) is 11.1 Å². The molecule has 3 aromatic rings. The van der Waals surface area contributed by atoms with E-state index in [0.717, 1.165) is 0 Å². The van der Waals surface area contributed by atoms with Gasteiger partial charge in [-0.1, -0.05) is 17.7 Å². The summed E-state index contributed by atoms with van der Waals surface area (Å²) < 4.78 is 29.6. The van der Waals surface area contributed by atoms with Crippen molar-refractivity contribution < 1.29 is 13.2 Å². The lowest BCUT2D eigenvalue weighted by atomic mass is 10.1. The molecule has 154 valence electrons. The van der Waals surface area contributed by atoms with E-state index in [1.54, 1.807) is 38.3 Å². The Labute approximate surface area is 174 Å². The van der Waals surface area contributed by atoms with Gasteiger partial charge in [0.15, 0.2) is 11.5 Å². The number of carbonyl (C=O) groups excluding carboxylic acids is 1. The van der Waals surface area contributed by atoms with Crippen LogP contribution >= 0.6 is 11.6 Å². The summed E-state index contributed by atoms with van der Waals surface area (Å²) in [4.78, 5) is 12.6. The molecule has 10 heteroatoms. The topological polar surface area (TPSA) is 105 Å². The molecule has 2 aromatic heterocycles. The van der Waals surface area contributed by atoms with E-state index < -0.39 is 27.5 Å². The zero-order chi connectivity index (χ0) is 21.4. The number of nitrogens with zero attached hydrogens (tertiary/aromatic N) is 3. The average Bonchev–Trinajstić information content (AvgIpc) is 3.04. The summed E-state index contributed by atoms with van der Waals surface area (Å²) in [5, 5.41) is 11.0. The van der Waals surface area contributed by atoms with Crippen molar-refractivity contribution in [2.24, 2.45) is 0 Å². The lowest BCUT2D eigenvalue weighted by Crippen LogP contribution is -2.40. The maximum absolute atomic E-state index is 12.7. The van der Waals surface area contributed by atoms with Gasteiger partial charge in [0, 0.05) is 17.3 Å². The number of amides is 1. The molecule has 0 aliphatic heterocycles. The molecule has 1 amide bonds. The van der Waals surface area contributed by atoms with Crippen LogP contribution in [0.15, 0.2) is 47.5 Å². The Balaban J connectivity index is 1.86. The highest BCUT2D eigenvalue weighted by Crippen LogP contribution is 2.24. The first-order valence-electron chi connectivity index (χ1n) is 8.92. The van der Waals surface area contributed by atoms with Crippen molar-refractivity contribution in [3.63, 3.8) is 0 Å². The van der Waals surface area contributed by atoms with E-state index in [0.29, 0.717) is 11.5 Å². The lowest BCUT2D eigenvalue weighted by Gasteiger charge is -2.21. The first-order valence-corrected chi connectivity index (χ1v) is 10.8. The molecule has 0 aliphatic rings. The molecule has 1 unspecified atom stereocenters. The van der Waals surface area contributed by atoms with E-state index in [-0.39, 0.29) is 15.5 Å². The summed E-state index contributed by atoms with van der Waals surface area (Å²) >= 11 is 6.09. The second-order valence-electron chi connectivity index (χ2n) is 7.68. The SMILES string of the molecule is CC(NC(=O)c1ccc(Cl)c(S(=O)(=O)NC(C)(C)C)c1)c1nnc2ccccn12. The van der Waals surface area contributed by atoms with Crippen LogP contribution in [0.2, 0.25) is 5.02 Å². The number of rotatable bonds is 5. The van der Waals surface area contributed by atoms with Crippen molar-refractivity contribution in [2.45, 2.75) is 44.2 Å². The molecule has 1 atom stereocenters. The molecule has 29 heavy (non-hydrogen) atoms. The number of aromatic nitrogens is 3. The fourth-order valence-corrected chi connectivity index (χ4v) is 4.75. The number of carbonyl (C=O) groups is 1. The fraction of sp³-hybridized carbons (Fsp3) is 0.316. The number of halogens is 1. The molecule has 0 bridgehead atoms. The van der Waals surface area contributed by atoms with Gasteiger partial charge in [0.25, 0.3) is 5.91 Å². The van der Waals surface area contributed by atoms with Crippen LogP contribution in [0.5, 0.6) is 0 Å². The van der Waals surface area contributed by atoms with Gasteiger partial charge in [-0.05, 0) is 58.0 Å². The minimum absolute atomic E-state index is 0.0369. The summed E-state index contributed by atoms with van der Waals surface area (Å²) in [5.74, 6) is 0.110. The molecule has 0 aliphatic carbocycles. The number of nitrogens with one attached hydrogen (secondary N) is 2. The minimum atomic E-state index is -3.89. The first kappa shape index (κ1) is 21.2. The van der Waals surface area contributed by atoms with Gasteiger partial charge in [-0.25, -0.2) is 13.1 Å². The second kappa shape index (κ2) is 7.74. The zero-order valence-electron chi connectivity index (χ0n) is 16.5. The monoisotopic (exact) mass is 435 g/mol. The Hall–Kier alpha value is -2.49. The molecule has 8 nitrogen and oxygen atoms in total. The summed E-state index contributed by atoms with van der Waals surface area (Å²) in [5.41, 5.74) is 0.144. The molecule has 0 radical (unpaired) electrons. The van der Waals surface area contributed by atoms with Crippen LogP contribution in [0.25, 0.3) is 5.65 Å². The smallest absolute Gasteiger partial charge is 0.251 e. The Morgan fingerprint density at radius 2 is 1.90 bits per heavy atom. The highest BCUT2D eigenvalue weighted by atomic mass is 35.5. The van der Waals surface area contributed by atoms with Crippen LogP contribution in [0.3, 0.4) is 0 Å². The summed E-state index contributed by atoms with van der Waals surface area (Å²) in [7, 11) is -3.89. The Kier molecular flexibility index (Phi) is 5.66. The van der Waals surface area contributed by atoms with Gasteiger partial charge >= 0.3 is 0 Å². The number of hydrogen-bond acceptors (Lipinski definition) is 5. The number of fused-ring (bicyclic) bond motifs is 1. The fourth-order valence-electron chi connectivity index (χ4n) is 2.81. The Morgan fingerprint density at radius 1 is 1.17 bits per heavy atom. The molecule has 0 saturated heterocycles. The van der Waals surface area contributed by atoms with Crippen LogP contribution in [0.1, 0.15) is 49.9 Å². The van der Waals surface area contributed by atoms with E-state index >= 15 is 0 Å². The van der Waals surface area contributed by atoms with Gasteiger partial charge in [-0.3, -0.25) is 9.20 Å². The second-order valence-corrected chi connectivity index (χ2v) is 9.74. The molecule has 2 N–H and O–H groups in total. The van der Waals surface area contributed by atoms with E-state index in [4.69, 9.17) is 11.6 Å². The zero-order valence-corrected chi connectivity index (χ0v) is 18.0. The maximum Gasteiger partial charge on any atom is 0.251 e. The normalized spacial score (nSPS) is 13.4. The van der Waals surface area contributed by atoms with Crippen LogP contribution < -0.4 is 10.0 Å². The molecule has 0 fully saturated rings. The number of pyridine rings is 1. The third-order valence-corrected chi connectivity index (χ3v) is 6.24. The summed E-state index contributed by atoms with van der Waals surface area (Å²) in [6.07, 6.45) is 1.80. The maximum atomic E-state index is 12.7. The van der Waals surface area contributed by atoms with Gasteiger partial charge in [-0.2, -0.15) is 0 Å². The van der Waals surface area contributed by atoms with Crippen molar-refractivity contribution in [1.82, 2.24) is 24.6 Å². The highest BCUT2D eigenvalue weighted by Gasteiger charge is 2.26. The number of hydrogen-bond donors (Lipinski definition) is 2. The molecule has 2 heterocycles. The van der Waals surface area contributed by atoms with E-state index in [9.17, 15) is 13.2 Å². The molecule has 0 saturated carbocycles. The molecular weight excluding hydrogens is 414 g/mol. The van der Waals surface area contributed by atoms with Crippen molar-refractivity contribution in [1.29, 1.82) is 0 Å².